The molecule has 1 aromatic rings. The maximum absolute atomic E-state index is 11.0. The average Bonchev–Trinajstić information content (AvgIpc) is 2.64. The molecule has 1 aliphatic heterocycles. The van der Waals surface area contributed by atoms with Gasteiger partial charge in [-0.1, -0.05) is 12.1 Å². The first-order valence-corrected chi connectivity index (χ1v) is 5.34. The number of likely N-dealkylation sites (N-methyl/N-ethyl adjacent to an activating group) is 1. The second kappa shape index (κ2) is 4.53. The molecule has 16 heavy (non-hydrogen) atoms. The normalized spacial score (nSPS) is 20.9. The highest BCUT2D eigenvalue weighted by molar-refractivity contribution is 5.90. The van der Waals surface area contributed by atoms with Gasteiger partial charge in [-0.2, -0.15) is 0 Å². The van der Waals surface area contributed by atoms with Crippen LogP contribution in [0, 0.1) is 0 Å². The largest absolute Gasteiger partial charge is 0.488 e. The molecule has 0 bridgehead atoms. The maximum atomic E-state index is 11.0. The number of rotatable bonds is 3. The zero-order valence-electron chi connectivity index (χ0n) is 9.22. The molecule has 4 heteroatoms. The molecule has 0 aromatic heterocycles. The Hall–Kier alpha value is -1.55. The van der Waals surface area contributed by atoms with Crippen molar-refractivity contribution < 1.29 is 14.6 Å². The quantitative estimate of drug-likeness (QED) is 0.839. The van der Waals surface area contributed by atoms with Gasteiger partial charge in [-0.05, 0) is 25.6 Å². The van der Waals surface area contributed by atoms with Gasteiger partial charge in [-0.15, -0.1) is 0 Å². The van der Waals surface area contributed by atoms with E-state index in [1.54, 1.807) is 24.3 Å². The minimum absolute atomic E-state index is 0.102. The number of likely N-dealkylation sites (tertiary alicyclic amines) is 1. The Morgan fingerprint density at radius 1 is 1.50 bits per heavy atom. The van der Waals surface area contributed by atoms with E-state index in [1.165, 1.54) is 0 Å². The van der Waals surface area contributed by atoms with E-state index in [0.29, 0.717) is 5.75 Å². The Morgan fingerprint density at radius 2 is 2.25 bits per heavy atom. The number of carbonyl (C=O) groups is 1. The third-order valence-electron chi connectivity index (χ3n) is 2.76. The first kappa shape index (κ1) is 11.0. The van der Waals surface area contributed by atoms with Crippen LogP contribution in [0.2, 0.25) is 0 Å². The van der Waals surface area contributed by atoms with Crippen LogP contribution in [-0.2, 0) is 0 Å². The lowest BCUT2D eigenvalue weighted by Crippen LogP contribution is -2.22. The molecule has 1 N–H and O–H groups in total. The molecule has 4 nitrogen and oxygen atoms in total. The summed E-state index contributed by atoms with van der Waals surface area (Å²) in [5, 5.41) is 9.00. The first-order valence-electron chi connectivity index (χ1n) is 5.34. The summed E-state index contributed by atoms with van der Waals surface area (Å²) in [4.78, 5) is 13.1. The summed E-state index contributed by atoms with van der Waals surface area (Å²) in [6.07, 6.45) is 1.05. The molecule has 1 atom stereocenters. The molecule has 1 fully saturated rings. The monoisotopic (exact) mass is 221 g/mol. The summed E-state index contributed by atoms with van der Waals surface area (Å²) in [5.41, 5.74) is 0.233. The zero-order chi connectivity index (χ0) is 11.5. The zero-order valence-corrected chi connectivity index (χ0v) is 9.22. The van der Waals surface area contributed by atoms with Gasteiger partial charge in [0.25, 0.3) is 0 Å². The molecule has 0 saturated carbocycles. The number of carboxylic acids is 1. The molecule has 1 aromatic carbocycles. The third kappa shape index (κ3) is 2.33. The lowest BCUT2D eigenvalue weighted by Gasteiger charge is -2.15. The van der Waals surface area contributed by atoms with Gasteiger partial charge in [0.2, 0.25) is 0 Å². The molecule has 1 heterocycles. The van der Waals surface area contributed by atoms with Crippen molar-refractivity contribution in [1.29, 1.82) is 0 Å². The summed E-state index contributed by atoms with van der Waals surface area (Å²) in [6, 6.07) is 6.77. The van der Waals surface area contributed by atoms with Crippen LogP contribution in [0.25, 0.3) is 0 Å². The second-order valence-electron chi connectivity index (χ2n) is 4.09. The molecular formula is C12H15NO3. The fourth-order valence-electron chi connectivity index (χ4n) is 1.92. The SMILES string of the molecule is CN1CCC(Oc2ccccc2C(=O)O)C1. The van der Waals surface area contributed by atoms with Crippen LogP contribution >= 0.6 is 0 Å². The number of ether oxygens (including phenoxy) is 1. The number of hydrogen-bond acceptors (Lipinski definition) is 3. The van der Waals surface area contributed by atoms with Crippen molar-refractivity contribution in [2.24, 2.45) is 0 Å². The van der Waals surface area contributed by atoms with E-state index in [0.717, 1.165) is 19.5 Å². The predicted molar refractivity (Wildman–Crippen MR) is 59.9 cm³/mol. The van der Waals surface area contributed by atoms with Gasteiger partial charge in [0, 0.05) is 13.1 Å². The van der Waals surface area contributed by atoms with E-state index in [1.807, 2.05) is 7.05 Å². The fourth-order valence-corrected chi connectivity index (χ4v) is 1.92. The number of para-hydroxylation sites is 1. The van der Waals surface area contributed by atoms with Crippen molar-refractivity contribution in [3.8, 4) is 5.75 Å². The Morgan fingerprint density at radius 3 is 2.88 bits per heavy atom. The number of hydrogen-bond donors (Lipinski definition) is 1. The average molecular weight is 221 g/mol. The van der Waals surface area contributed by atoms with E-state index in [2.05, 4.69) is 4.90 Å². The molecule has 1 saturated heterocycles. The van der Waals surface area contributed by atoms with Gasteiger partial charge >= 0.3 is 5.97 Å². The molecule has 86 valence electrons. The minimum Gasteiger partial charge on any atom is -0.488 e. The molecule has 0 radical (unpaired) electrons. The van der Waals surface area contributed by atoms with Crippen molar-refractivity contribution in [3.05, 3.63) is 29.8 Å². The van der Waals surface area contributed by atoms with Crippen LogP contribution in [0.4, 0.5) is 0 Å². The molecule has 0 aliphatic carbocycles. The highest BCUT2D eigenvalue weighted by atomic mass is 16.5. The van der Waals surface area contributed by atoms with E-state index in [-0.39, 0.29) is 11.7 Å². The van der Waals surface area contributed by atoms with Gasteiger partial charge in [0.05, 0.1) is 0 Å². The van der Waals surface area contributed by atoms with E-state index in [4.69, 9.17) is 9.84 Å². The topological polar surface area (TPSA) is 49.8 Å². The Balaban J connectivity index is 2.12. The highest BCUT2D eigenvalue weighted by Gasteiger charge is 2.22. The summed E-state index contributed by atoms with van der Waals surface area (Å²) < 4.78 is 5.72. The van der Waals surface area contributed by atoms with Gasteiger partial charge in [-0.3, -0.25) is 0 Å². The van der Waals surface area contributed by atoms with Crippen LogP contribution in [0.1, 0.15) is 16.8 Å². The van der Waals surface area contributed by atoms with E-state index < -0.39 is 5.97 Å². The number of benzene rings is 1. The van der Waals surface area contributed by atoms with Gasteiger partial charge in [0.15, 0.2) is 0 Å². The number of nitrogens with zero attached hydrogens (tertiary/aromatic N) is 1. The van der Waals surface area contributed by atoms with Gasteiger partial charge in [-0.25, -0.2) is 4.79 Å². The summed E-state index contributed by atoms with van der Waals surface area (Å²) in [7, 11) is 2.03. The van der Waals surface area contributed by atoms with Crippen molar-refractivity contribution in [2.75, 3.05) is 20.1 Å². The Bertz CT molecular complexity index is 392. The highest BCUT2D eigenvalue weighted by Crippen LogP contribution is 2.22. The molecule has 2 rings (SSSR count). The van der Waals surface area contributed by atoms with Crippen LogP contribution in [0.5, 0.6) is 5.75 Å². The molecule has 0 spiro atoms. The molecular weight excluding hydrogens is 206 g/mol. The molecule has 1 unspecified atom stereocenters. The lowest BCUT2D eigenvalue weighted by atomic mass is 10.2. The standard InChI is InChI=1S/C12H15NO3/c1-13-7-6-9(8-13)16-11-5-3-2-4-10(11)12(14)15/h2-5,9H,6-8H2,1H3,(H,14,15). The van der Waals surface area contributed by atoms with E-state index in [9.17, 15) is 4.79 Å². The van der Waals surface area contributed by atoms with Crippen molar-refractivity contribution >= 4 is 5.97 Å². The number of aromatic carboxylic acids is 1. The summed E-state index contributed by atoms with van der Waals surface area (Å²) in [5.74, 6) is -0.475. The van der Waals surface area contributed by atoms with Crippen LogP contribution in [-0.4, -0.2) is 42.2 Å². The number of carboxylic acid groups (broad SMARTS) is 1. The fraction of sp³-hybridized carbons (Fsp3) is 0.417. The van der Waals surface area contributed by atoms with Crippen LogP contribution in [0.3, 0.4) is 0 Å². The molecule has 1 aliphatic rings. The molecule has 0 amide bonds. The van der Waals surface area contributed by atoms with E-state index >= 15 is 0 Å². The Labute approximate surface area is 94.4 Å². The van der Waals surface area contributed by atoms with Crippen LogP contribution in [0.15, 0.2) is 24.3 Å². The lowest BCUT2D eigenvalue weighted by molar-refractivity contribution is 0.0689. The summed E-state index contributed by atoms with van der Waals surface area (Å²) >= 11 is 0. The van der Waals surface area contributed by atoms with Crippen LogP contribution < -0.4 is 4.74 Å². The first-order chi connectivity index (χ1) is 7.66. The predicted octanol–water partition coefficient (Wildman–Crippen LogP) is 1.47. The van der Waals surface area contributed by atoms with Gasteiger partial charge in [0.1, 0.15) is 17.4 Å². The van der Waals surface area contributed by atoms with Gasteiger partial charge < -0.3 is 14.7 Å². The minimum atomic E-state index is -0.943. The van der Waals surface area contributed by atoms with Crippen molar-refractivity contribution in [1.82, 2.24) is 4.90 Å². The maximum Gasteiger partial charge on any atom is 0.339 e. The van der Waals surface area contributed by atoms with Crippen molar-refractivity contribution in [3.63, 3.8) is 0 Å². The second-order valence-corrected chi connectivity index (χ2v) is 4.09. The van der Waals surface area contributed by atoms with Crippen molar-refractivity contribution in [2.45, 2.75) is 12.5 Å². The third-order valence-corrected chi connectivity index (χ3v) is 2.76. The smallest absolute Gasteiger partial charge is 0.339 e. The summed E-state index contributed by atoms with van der Waals surface area (Å²) in [6.45, 7) is 1.86. The Kier molecular flexibility index (Phi) is 3.10.